The van der Waals surface area contributed by atoms with E-state index in [-0.39, 0.29) is 0 Å². The normalized spacial score (nSPS) is 13.4. The second-order valence-corrected chi connectivity index (χ2v) is 4.51. The van der Waals surface area contributed by atoms with E-state index in [0.29, 0.717) is 48.1 Å². The average Bonchev–Trinajstić information content (AvgIpc) is 2.82. The van der Waals surface area contributed by atoms with E-state index in [9.17, 15) is 0 Å². The highest BCUT2D eigenvalue weighted by Gasteiger charge is 2.16. The van der Waals surface area contributed by atoms with Gasteiger partial charge in [-0.25, -0.2) is 0 Å². The molecule has 0 radical (unpaired) electrons. The minimum atomic E-state index is 0.378. The summed E-state index contributed by atoms with van der Waals surface area (Å²) < 4.78 is 15.9. The maximum absolute atomic E-state index is 6.15. The summed E-state index contributed by atoms with van der Waals surface area (Å²) in [5, 5.41) is 7.26. The van der Waals surface area contributed by atoms with Gasteiger partial charge in [0.25, 0.3) is 0 Å². The number of halogens is 1. The molecule has 6 nitrogen and oxygen atoms in total. The molecule has 1 aliphatic heterocycles. The quantitative estimate of drug-likeness (QED) is 0.932. The fourth-order valence-corrected chi connectivity index (χ4v) is 2.10. The third-order valence-corrected chi connectivity index (χ3v) is 2.91. The predicted octanol–water partition coefficient (Wildman–Crippen LogP) is 2.41. The van der Waals surface area contributed by atoms with Gasteiger partial charge in [0.1, 0.15) is 13.2 Å². The molecule has 2 aromatic rings. The zero-order valence-electron chi connectivity index (χ0n) is 10.3. The van der Waals surface area contributed by atoms with Crippen molar-refractivity contribution in [3.63, 3.8) is 0 Å². The van der Waals surface area contributed by atoms with Crippen LogP contribution in [0.2, 0.25) is 5.02 Å². The van der Waals surface area contributed by atoms with Gasteiger partial charge in [-0.3, -0.25) is 0 Å². The second kappa shape index (κ2) is 4.97. The highest BCUT2D eigenvalue weighted by molar-refractivity contribution is 6.32. The first-order valence-corrected chi connectivity index (χ1v) is 6.22. The van der Waals surface area contributed by atoms with E-state index >= 15 is 0 Å². The highest BCUT2D eigenvalue weighted by Crippen LogP contribution is 2.38. The van der Waals surface area contributed by atoms with Crippen molar-refractivity contribution in [2.24, 2.45) is 0 Å². The van der Waals surface area contributed by atoms with Crippen LogP contribution in [0, 0.1) is 6.92 Å². The first kappa shape index (κ1) is 12.1. The minimum absolute atomic E-state index is 0.378. The van der Waals surface area contributed by atoms with Gasteiger partial charge < -0.3 is 19.3 Å². The zero-order valence-corrected chi connectivity index (χ0v) is 11.0. The molecule has 3 rings (SSSR count). The number of hydrogen-bond donors (Lipinski definition) is 1. The lowest BCUT2D eigenvalue weighted by Crippen LogP contribution is -2.16. The number of nitrogens with zero attached hydrogens (tertiary/aromatic N) is 2. The Balaban J connectivity index is 1.76. The van der Waals surface area contributed by atoms with Gasteiger partial charge in [0.05, 0.1) is 5.02 Å². The van der Waals surface area contributed by atoms with Crippen molar-refractivity contribution < 1.29 is 14.0 Å². The van der Waals surface area contributed by atoms with E-state index in [2.05, 4.69) is 15.5 Å². The van der Waals surface area contributed by atoms with Gasteiger partial charge in [-0.2, -0.15) is 4.98 Å². The first-order chi connectivity index (χ1) is 9.22. The summed E-state index contributed by atoms with van der Waals surface area (Å²) in [5.41, 5.74) is 0.949. The second-order valence-electron chi connectivity index (χ2n) is 4.10. The maximum atomic E-state index is 6.15. The van der Waals surface area contributed by atoms with Gasteiger partial charge in [-0.15, -0.1) is 0 Å². The fraction of sp³-hybridized carbons (Fsp3) is 0.333. The molecule has 2 heterocycles. The van der Waals surface area contributed by atoms with Crippen LogP contribution in [0.5, 0.6) is 11.5 Å². The lowest BCUT2D eigenvalue weighted by atomic mass is 10.2. The molecule has 0 spiro atoms. The molecule has 0 bridgehead atoms. The zero-order chi connectivity index (χ0) is 13.2. The monoisotopic (exact) mass is 281 g/mol. The van der Waals surface area contributed by atoms with Crippen LogP contribution in [0.1, 0.15) is 11.4 Å². The number of rotatable bonds is 3. The third-order valence-electron chi connectivity index (χ3n) is 2.63. The number of benzene rings is 1. The molecule has 7 heteroatoms. The van der Waals surface area contributed by atoms with Crippen molar-refractivity contribution in [1.82, 2.24) is 10.1 Å². The Morgan fingerprint density at radius 2 is 2.16 bits per heavy atom. The van der Waals surface area contributed by atoms with Gasteiger partial charge in [0.2, 0.25) is 0 Å². The van der Waals surface area contributed by atoms with Crippen LogP contribution in [0.4, 0.5) is 6.01 Å². The van der Waals surface area contributed by atoms with Crippen LogP contribution in [-0.2, 0) is 6.54 Å². The molecule has 0 saturated heterocycles. The Morgan fingerprint density at radius 1 is 1.32 bits per heavy atom. The van der Waals surface area contributed by atoms with Crippen LogP contribution >= 0.6 is 11.6 Å². The largest absolute Gasteiger partial charge is 0.486 e. The molecule has 1 N–H and O–H groups in total. The van der Waals surface area contributed by atoms with Gasteiger partial charge in [-0.05, 0) is 24.6 Å². The Hall–Kier alpha value is -1.95. The van der Waals surface area contributed by atoms with Gasteiger partial charge in [-0.1, -0.05) is 16.8 Å². The fourth-order valence-electron chi connectivity index (χ4n) is 1.81. The Labute approximate surface area is 114 Å². The number of fused-ring (bicyclic) bond motifs is 1. The van der Waals surface area contributed by atoms with Gasteiger partial charge in [0.15, 0.2) is 17.3 Å². The van der Waals surface area contributed by atoms with Crippen molar-refractivity contribution >= 4 is 17.6 Å². The molecule has 0 amide bonds. The lowest BCUT2D eigenvalue weighted by molar-refractivity contribution is 0.171. The number of anilines is 1. The average molecular weight is 282 g/mol. The standard InChI is InChI=1S/C12H12ClN3O3/c1-7-15-12(19-16-7)14-6-8-4-9(13)11-10(5-8)17-2-3-18-11/h4-5H,2-3,6H2,1H3,(H,14,15,16). The van der Waals surface area contributed by atoms with Gasteiger partial charge in [0, 0.05) is 6.54 Å². The molecule has 0 unspecified atom stereocenters. The maximum Gasteiger partial charge on any atom is 0.321 e. The summed E-state index contributed by atoms with van der Waals surface area (Å²) in [6, 6.07) is 4.09. The number of aryl methyl sites for hydroxylation is 1. The molecule has 1 aliphatic rings. The van der Waals surface area contributed by atoms with Crippen molar-refractivity contribution in [3.05, 3.63) is 28.5 Å². The number of aromatic nitrogens is 2. The molecule has 1 aromatic carbocycles. The lowest BCUT2D eigenvalue weighted by Gasteiger charge is -2.20. The molecular weight excluding hydrogens is 270 g/mol. The Kier molecular flexibility index (Phi) is 3.16. The van der Waals surface area contributed by atoms with Crippen LogP contribution in [0.25, 0.3) is 0 Å². The molecule has 0 saturated carbocycles. The van der Waals surface area contributed by atoms with E-state index in [1.54, 1.807) is 6.92 Å². The first-order valence-electron chi connectivity index (χ1n) is 5.84. The molecule has 0 fully saturated rings. The number of ether oxygens (including phenoxy) is 2. The third kappa shape index (κ3) is 2.58. The van der Waals surface area contributed by atoms with Crippen molar-refractivity contribution in [3.8, 4) is 11.5 Å². The van der Waals surface area contributed by atoms with Crippen LogP contribution in [0.15, 0.2) is 16.7 Å². The molecule has 0 aliphatic carbocycles. The number of nitrogens with one attached hydrogen (secondary N) is 1. The molecule has 0 atom stereocenters. The summed E-state index contributed by atoms with van der Waals surface area (Å²) in [6.45, 7) is 3.32. The smallest absolute Gasteiger partial charge is 0.321 e. The SMILES string of the molecule is Cc1noc(NCc2cc(Cl)c3c(c2)OCCO3)n1. The summed E-state index contributed by atoms with van der Waals surface area (Å²) in [5.74, 6) is 1.85. The van der Waals surface area contributed by atoms with E-state index in [1.165, 1.54) is 0 Å². The number of hydrogen-bond acceptors (Lipinski definition) is 6. The van der Waals surface area contributed by atoms with E-state index < -0.39 is 0 Å². The Morgan fingerprint density at radius 3 is 2.95 bits per heavy atom. The predicted molar refractivity (Wildman–Crippen MR) is 68.8 cm³/mol. The molecule has 100 valence electrons. The highest BCUT2D eigenvalue weighted by atomic mass is 35.5. The summed E-state index contributed by atoms with van der Waals surface area (Å²) in [7, 11) is 0. The van der Waals surface area contributed by atoms with Crippen LogP contribution < -0.4 is 14.8 Å². The van der Waals surface area contributed by atoms with Crippen molar-refractivity contribution in [1.29, 1.82) is 0 Å². The summed E-state index contributed by atoms with van der Waals surface area (Å²) in [4.78, 5) is 4.06. The van der Waals surface area contributed by atoms with Crippen molar-refractivity contribution in [2.75, 3.05) is 18.5 Å². The van der Waals surface area contributed by atoms with Gasteiger partial charge >= 0.3 is 6.01 Å². The van der Waals surface area contributed by atoms with Crippen molar-refractivity contribution in [2.45, 2.75) is 13.5 Å². The Bertz CT molecular complexity index is 600. The molecule has 19 heavy (non-hydrogen) atoms. The molecule has 1 aromatic heterocycles. The van der Waals surface area contributed by atoms with Crippen LogP contribution in [-0.4, -0.2) is 23.4 Å². The van der Waals surface area contributed by atoms with E-state index in [0.717, 1.165) is 5.56 Å². The molecular formula is C12H12ClN3O3. The van der Waals surface area contributed by atoms with E-state index in [4.69, 9.17) is 25.6 Å². The topological polar surface area (TPSA) is 69.4 Å². The minimum Gasteiger partial charge on any atom is -0.486 e. The van der Waals surface area contributed by atoms with E-state index in [1.807, 2.05) is 12.1 Å². The van der Waals surface area contributed by atoms with Crippen LogP contribution in [0.3, 0.4) is 0 Å². The summed E-state index contributed by atoms with van der Waals surface area (Å²) >= 11 is 6.15. The summed E-state index contributed by atoms with van der Waals surface area (Å²) in [6.07, 6.45) is 0.